The Bertz CT molecular complexity index is 745. The van der Waals surface area contributed by atoms with Crippen LogP contribution in [0.2, 0.25) is 0 Å². The molecule has 2 aromatic rings. The van der Waals surface area contributed by atoms with Gasteiger partial charge in [0.25, 0.3) is 0 Å². The van der Waals surface area contributed by atoms with Crippen molar-refractivity contribution in [1.29, 1.82) is 0 Å². The Labute approximate surface area is 175 Å². The molecule has 1 aromatic heterocycles. The summed E-state index contributed by atoms with van der Waals surface area (Å²) in [6.07, 6.45) is -5.29. The molecule has 160 valence electrons. The maximum absolute atomic E-state index is 14.4. The summed E-state index contributed by atoms with van der Waals surface area (Å²) in [6.45, 7) is 4.04. The van der Waals surface area contributed by atoms with Crippen molar-refractivity contribution in [1.82, 2.24) is 0 Å². The van der Waals surface area contributed by atoms with E-state index in [2.05, 4.69) is 15.9 Å². The van der Waals surface area contributed by atoms with Gasteiger partial charge in [0.05, 0.1) is 25.0 Å². The summed E-state index contributed by atoms with van der Waals surface area (Å²) < 4.78 is 62.8. The van der Waals surface area contributed by atoms with Crippen molar-refractivity contribution in [3.63, 3.8) is 0 Å². The van der Waals surface area contributed by atoms with Crippen LogP contribution in [0.5, 0.6) is 5.75 Å². The summed E-state index contributed by atoms with van der Waals surface area (Å²) in [5.74, 6) is -0.924. The van der Waals surface area contributed by atoms with E-state index in [0.717, 1.165) is 0 Å². The average Bonchev–Trinajstić information content (AvgIpc) is 2.93. The van der Waals surface area contributed by atoms with E-state index in [-0.39, 0.29) is 28.4 Å². The standard InChI is InChI=1S/C15H17BrF4NO2PS.C2H6O/c1-2-23-24-14(17)13-11(16)9-6-8(21)7-10(12(9)25-13)22-5-3-4-15(18,19)20;1-2-3/h6-7,14,24H,2-5,21H2,1H3;3H,2H2,1H3. The fourth-order valence-corrected chi connectivity index (χ4v) is 5.11. The molecule has 28 heavy (non-hydrogen) atoms. The Balaban J connectivity index is 0.00000122. The Morgan fingerprint density at radius 2 is 1.96 bits per heavy atom. The number of halogens is 5. The van der Waals surface area contributed by atoms with Crippen molar-refractivity contribution < 1.29 is 31.9 Å². The molecule has 0 aliphatic heterocycles. The Morgan fingerprint density at radius 1 is 1.32 bits per heavy atom. The number of anilines is 1. The molecule has 0 aliphatic carbocycles. The molecule has 4 nitrogen and oxygen atoms in total. The highest BCUT2D eigenvalue weighted by Gasteiger charge is 2.26. The van der Waals surface area contributed by atoms with Crippen LogP contribution in [0.3, 0.4) is 0 Å². The molecular weight excluding hydrogens is 485 g/mol. The highest BCUT2D eigenvalue weighted by Crippen LogP contribution is 2.50. The number of aliphatic hydroxyl groups is 1. The van der Waals surface area contributed by atoms with E-state index in [1.54, 1.807) is 26.0 Å². The first-order valence-corrected chi connectivity index (χ1v) is 11.1. The predicted octanol–water partition coefficient (Wildman–Crippen LogP) is 6.56. The molecule has 0 fully saturated rings. The van der Waals surface area contributed by atoms with E-state index in [1.807, 2.05) is 0 Å². The molecule has 0 saturated heterocycles. The van der Waals surface area contributed by atoms with Gasteiger partial charge in [0.2, 0.25) is 0 Å². The minimum Gasteiger partial charge on any atom is -0.492 e. The van der Waals surface area contributed by atoms with E-state index in [9.17, 15) is 17.6 Å². The smallest absolute Gasteiger partial charge is 0.389 e. The first kappa shape index (κ1) is 25.4. The molecule has 3 N–H and O–H groups in total. The Hall–Kier alpha value is -0.670. The lowest BCUT2D eigenvalue weighted by molar-refractivity contribution is -0.136. The topological polar surface area (TPSA) is 64.7 Å². The van der Waals surface area contributed by atoms with Gasteiger partial charge in [-0.3, -0.25) is 0 Å². The molecule has 0 bridgehead atoms. The number of fused-ring (bicyclic) bond motifs is 1. The van der Waals surface area contributed by atoms with Crippen LogP contribution in [0.4, 0.5) is 23.2 Å². The number of alkyl halides is 4. The minimum absolute atomic E-state index is 0.0946. The second-order valence-corrected chi connectivity index (χ2v) is 8.35. The molecule has 2 unspecified atom stereocenters. The number of hydrogen-bond acceptors (Lipinski definition) is 5. The van der Waals surface area contributed by atoms with Gasteiger partial charge >= 0.3 is 6.18 Å². The van der Waals surface area contributed by atoms with Crippen LogP contribution in [-0.2, 0) is 4.52 Å². The van der Waals surface area contributed by atoms with E-state index in [1.165, 1.54) is 11.3 Å². The van der Waals surface area contributed by atoms with E-state index >= 15 is 0 Å². The van der Waals surface area contributed by atoms with Gasteiger partial charge in [-0.05, 0) is 42.3 Å². The molecule has 1 heterocycles. The number of rotatable bonds is 8. The van der Waals surface area contributed by atoms with Gasteiger partial charge in [-0.2, -0.15) is 13.2 Å². The fraction of sp³-hybridized carbons (Fsp3) is 0.529. The lowest BCUT2D eigenvalue weighted by atomic mass is 10.2. The second-order valence-electron chi connectivity index (χ2n) is 5.47. The first-order chi connectivity index (χ1) is 13.1. The summed E-state index contributed by atoms with van der Waals surface area (Å²) in [4.78, 5) is 0.451. The second kappa shape index (κ2) is 12.1. The predicted molar refractivity (Wildman–Crippen MR) is 111 cm³/mol. The first-order valence-electron chi connectivity index (χ1n) is 8.47. The number of benzene rings is 1. The van der Waals surface area contributed by atoms with E-state index in [4.69, 9.17) is 20.1 Å². The number of thiophene rings is 1. The summed E-state index contributed by atoms with van der Waals surface area (Å²) in [5.41, 5.74) is 6.23. The molecule has 0 spiro atoms. The third-order valence-electron chi connectivity index (χ3n) is 3.17. The number of ether oxygens (including phenoxy) is 1. The maximum atomic E-state index is 14.4. The third kappa shape index (κ3) is 7.99. The highest BCUT2D eigenvalue weighted by atomic mass is 79.9. The van der Waals surface area contributed by atoms with Crippen molar-refractivity contribution in [2.75, 3.05) is 25.6 Å². The van der Waals surface area contributed by atoms with Gasteiger partial charge in [0.15, 0.2) is 5.91 Å². The van der Waals surface area contributed by atoms with Crippen molar-refractivity contribution >= 4 is 51.8 Å². The largest absolute Gasteiger partial charge is 0.492 e. The maximum Gasteiger partial charge on any atom is 0.389 e. The monoisotopic (exact) mass is 507 g/mol. The number of aliphatic hydroxyl groups excluding tert-OH is 1. The zero-order chi connectivity index (χ0) is 21.3. The van der Waals surface area contributed by atoms with Crippen molar-refractivity contribution in [2.45, 2.75) is 38.8 Å². The fourth-order valence-electron chi connectivity index (χ4n) is 2.11. The van der Waals surface area contributed by atoms with Gasteiger partial charge in [-0.1, -0.05) is 0 Å². The van der Waals surface area contributed by atoms with Crippen LogP contribution in [0.1, 0.15) is 37.5 Å². The van der Waals surface area contributed by atoms with Crippen LogP contribution in [0.25, 0.3) is 10.1 Å². The van der Waals surface area contributed by atoms with E-state index in [0.29, 0.717) is 37.5 Å². The lowest BCUT2D eigenvalue weighted by Crippen LogP contribution is -2.09. The Kier molecular flexibility index (Phi) is 11.0. The normalized spacial score (nSPS) is 13.0. The quantitative estimate of drug-likeness (QED) is 0.183. The lowest BCUT2D eigenvalue weighted by Gasteiger charge is -2.09. The van der Waals surface area contributed by atoms with Gasteiger partial charge in [0, 0.05) is 41.2 Å². The molecule has 11 heteroatoms. The van der Waals surface area contributed by atoms with Crippen molar-refractivity contribution in [3.05, 3.63) is 21.5 Å². The van der Waals surface area contributed by atoms with Gasteiger partial charge in [0.1, 0.15) is 5.75 Å². The minimum atomic E-state index is -4.21. The summed E-state index contributed by atoms with van der Waals surface area (Å²) in [7, 11) is -0.330. The summed E-state index contributed by atoms with van der Waals surface area (Å²) >= 11 is 4.56. The molecular formula is C17H23BrF4NO3PS. The van der Waals surface area contributed by atoms with Crippen molar-refractivity contribution in [2.24, 2.45) is 0 Å². The zero-order valence-corrected chi connectivity index (χ0v) is 18.8. The average molecular weight is 508 g/mol. The molecule has 0 aliphatic rings. The number of hydrogen-bond donors (Lipinski definition) is 2. The van der Waals surface area contributed by atoms with Crippen LogP contribution in [0, 0.1) is 0 Å². The van der Waals surface area contributed by atoms with E-state index < -0.39 is 18.5 Å². The van der Waals surface area contributed by atoms with Gasteiger partial charge < -0.3 is 20.1 Å². The molecule has 2 rings (SSSR count). The van der Waals surface area contributed by atoms with Crippen LogP contribution in [-0.4, -0.2) is 31.1 Å². The summed E-state index contributed by atoms with van der Waals surface area (Å²) in [5, 5.41) is 8.25. The Morgan fingerprint density at radius 3 is 2.54 bits per heavy atom. The van der Waals surface area contributed by atoms with Gasteiger partial charge in [-0.25, -0.2) is 4.39 Å². The molecule has 0 radical (unpaired) electrons. The van der Waals surface area contributed by atoms with Gasteiger partial charge in [-0.15, -0.1) is 11.3 Å². The van der Waals surface area contributed by atoms with Crippen LogP contribution in [0.15, 0.2) is 16.6 Å². The molecule has 1 aromatic carbocycles. The molecule has 0 saturated carbocycles. The molecule has 2 atom stereocenters. The third-order valence-corrected chi connectivity index (χ3v) is 6.70. The number of nitrogens with two attached hydrogens (primary N) is 1. The zero-order valence-electron chi connectivity index (χ0n) is 15.4. The highest BCUT2D eigenvalue weighted by molar-refractivity contribution is 9.10. The van der Waals surface area contributed by atoms with Crippen LogP contribution < -0.4 is 10.5 Å². The van der Waals surface area contributed by atoms with Crippen LogP contribution >= 0.6 is 36.1 Å². The summed E-state index contributed by atoms with van der Waals surface area (Å²) in [6, 6.07) is 3.22. The number of nitrogen functional groups attached to an aromatic ring is 1. The van der Waals surface area contributed by atoms with Crippen molar-refractivity contribution in [3.8, 4) is 5.75 Å². The molecule has 0 amide bonds. The SMILES string of the molecule is CCO.CCOPC(F)c1sc2c(OCCCC(F)(F)F)cc(N)cc2c1Br.